The predicted molar refractivity (Wildman–Crippen MR) is 83.4 cm³/mol. The summed E-state index contributed by atoms with van der Waals surface area (Å²) in [5, 5.41) is 0. The summed E-state index contributed by atoms with van der Waals surface area (Å²) >= 11 is 0. The molecule has 1 aromatic carbocycles. The highest BCUT2D eigenvalue weighted by Crippen LogP contribution is 2.26. The zero-order valence-electron chi connectivity index (χ0n) is 12.5. The zero-order chi connectivity index (χ0) is 14.3. The van der Waals surface area contributed by atoms with Crippen LogP contribution in [0.25, 0.3) is 0 Å². The average Bonchev–Trinajstić information content (AvgIpc) is 2.41. The number of aryl methyl sites for hydroxylation is 1. The highest BCUT2D eigenvalue weighted by atomic mass is 16.5. The lowest BCUT2D eigenvalue weighted by molar-refractivity contribution is 0.422. The van der Waals surface area contributed by atoms with Gasteiger partial charge < -0.3 is 4.74 Å². The van der Waals surface area contributed by atoms with Gasteiger partial charge in [-0.25, -0.2) is 0 Å². The molecule has 0 aromatic heterocycles. The molecule has 0 aliphatic heterocycles. The minimum Gasteiger partial charge on any atom is -0.457 e. The van der Waals surface area contributed by atoms with E-state index in [1.54, 1.807) is 6.08 Å². The molecule has 1 rings (SSSR count). The van der Waals surface area contributed by atoms with Crippen molar-refractivity contribution < 1.29 is 4.74 Å². The van der Waals surface area contributed by atoms with Crippen molar-refractivity contribution in [3.05, 3.63) is 65.5 Å². The van der Waals surface area contributed by atoms with Crippen LogP contribution in [-0.4, -0.2) is 0 Å². The largest absolute Gasteiger partial charge is 0.457 e. The Kier molecular flexibility index (Phi) is 6.14. The zero-order valence-corrected chi connectivity index (χ0v) is 12.5. The van der Waals surface area contributed by atoms with E-state index in [-0.39, 0.29) is 0 Å². The van der Waals surface area contributed by atoms with E-state index in [1.165, 1.54) is 5.57 Å². The number of para-hydroxylation sites is 1. The fourth-order valence-electron chi connectivity index (χ4n) is 2.04. The van der Waals surface area contributed by atoms with E-state index in [2.05, 4.69) is 40.3 Å². The maximum Gasteiger partial charge on any atom is 0.130 e. The van der Waals surface area contributed by atoms with Crippen LogP contribution in [0.2, 0.25) is 0 Å². The Morgan fingerprint density at radius 1 is 1.21 bits per heavy atom. The average molecular weight is 256 g/mol. The number of rotatable bonds is 6. The molecule has 0 radical (unpaired) electrons. The monoisotopic (exact) mass is 256 g/mol. The molecule has 19 heavy (non-hydrogen) atoms. The molecule has 0 bridgehead atoms. The summed E-state index contributed by atoms with van der Waals surface area (Å²) in [4.78, 5) is 0. The van der Waals surface area contributed by atoms with Crippen molar-refractivity contribution in [2.45, 2.75) is 40.5 Å². The van der Waals surface area contributed by atoms with Crippen LogP contribution in [-0.2, 0) is 0 Å². The Bertz CT molecular complexity index is 486. The van der Waals surface area contributed by atoms with Crippen molar-refractivity contribution in [3.63, 3.8) is 0 Å². The van der Waals surface area contributed by atoms with Crippen LogP contribution in [0.3, 0.4) is 0 Å². The second-order valence-electron chi connectivity index (χ2n) is 4.59. The van der Waals surface area contributed by atoms with Gasteiger partial charge in [0.15, 0.2) is 0 Å². The molecule has 0 N–H and O–H groups in total. The molecule has 0 amide bonds. The van der Waals surface area contributed by atoms with Crippen molar-refractivity contribution in [1.29, 1.82) is 0 Å². The molecule has 102 valence electrons. The molecule has 0 saturated carbocycles. The molecular weight excluding hydrogens is 232 g/mol. The molecule has 1 aromatic rings. The lowest BCUT2D eigenvalue weighted by Crippen LogP contribution is -2.03. The summed E-state index contributed by atoms with van der Waals surface area (Å²) in [6.07, 6.45) is 5.80. The Balaban J connectivity index is 3.20. The van der Waals surface area contributed by atoms with Gasteiger partial charge in [0.25, 0.3) is 0 Å². The molecule has 1 nitrogen and oxygen atoms in total. The van der Waals surface area contributed by atoms with Crippen LogP contribution in [0, 0.1) is 6.92 Å². The van der Waals surface area contributed by atoms with Gasteiger partial charge in [-0.1, -0.05) is 50.8 Å². The Morgan fingerprint density at radius 3 is 2.37 bits per heavy atom. The van der Waals surface area contributed by atoms with Crippen molar-refractivity contribution in [1.82, 2.24) is 0 Å². The molecule has 1 heteroatoms. The normalized spacial score (nSPS) is 11.1. The lowest BCUT2D eigenvalue weighted by atomic mass is 10.0. The molecule has 0 aliphatic rings. The van der Waals surface area contributed by atoms with Crippen LogP contribution < -0.4 is 4.74 Å². The Hall–Kier alpha value is -1.76. The van der Waals surface area contributed by atoms with Crippen molar-refractivity contribution in [3.8, 4) is 5.75 Å². The molecule has 0 saturated heterocycles. The van der Waals surface area contributed by atoms with E-state index >= 15 is 0 Å². The van der Waals surface area contributed by atoms with Gasteiger partial charge in [0, 0.05) is 0 Å². The SMILES string of the molecule is C=CC=C(C)C(Oc1ccccc1C)=C(CC)CC. The summed E-state index contributed by atoms with van der Waals surface area (Å²) in [5.41, 5.74) is 3.61. The Morgan fingerprint density at radius 2 is 1.84 bits per heavy atom. The standard InChI is InChI=1S/C18H24O/c1-6-11-15(5)18(16(7-2)8-3)19-17-13-10-9-12-14(17)4/h6,9-13H,1,7-8H2,2-5H3. The van der Waals surface area contributed by atoms with Crippen LogP contribution in [0.5, 0.6) is 5.75 Å². The lowest BCUT2D eigenvalue weighted by Gasteiger charge is -2.16. The van der Waals surface area contributed by atoms with E-state index in [4.69, 9.17) is 4.74 Å². The summed E-state index contributed by atoms with van der Waals surface area (Å²) in [6.45, 7) is 12.2. The van der Waals surface area contributed by atoms with Gasteiger partial charge in [-0.05, 0) is 49.5 Å². The number of ether oxygens (including phenoxy) is 1. The van der Waals surface area contributed by atoms with Crippen LogP contribution in [0.1, 0.15) is 39.2 Å². The first kappa shape index (κ1) is 15.3. The van der Waals surface area contributed by atoms with Gasteiger partial charge in [0.2, 0.25) is 0 Å². The van der Waals surface area contributed by atoms with E-state index in [0.717, 1.165) is 35.5 Å². The summed E-state index contributed by atoms with van der Waals surface area (Å²) in [6, 6.07) is 8.11. The third kappa shape index (κ3) is 4.13. The van der Waals surface area contributed by atoms with Gasteiger partial charge in [-0.15, -0.1) is 0 Å². The van der Waals surface area contributed by atoms with Gasteiger partial charge in [-0.3, -0.25) is 0 Å². The smallest absolute Gasteiger partial charge is 0.130 e. The van der Waals surface area contributed by atoms with E-state index in [0.29, 0.717) is 0 Å². The quantitative estimate of drug-likeness (QED) is 0.477. The van der Waals surface area contributed by atoms with Crippen LogP contribution in [0.15, 0.2) is 59.9 Å². The fraction of sp³-hybridized carbons (Fsp3) is 0.333. The second kappa shape index (κ2) is 7.63. The molecule has 0 atom stereocenters. The van der Waals surface area contributed by atoms with E-state index in [9.17, 15) is 0 Å². The van der Waals surface area contributed by atoms with Gasteiger partial charge in [-0.2, -0.15) is 0 Å². The van der Waals surface area contributed by atoms with Crippen molar-refractivity contribution >= 4 is 0 Å². The summed E-state index contributed by atoms with van der Waals surface area (Å²) in [7, 11) is 0. The minimum absolute atomic E-state index is 0.925. The number of allylic oxidation sites excluding steroid dienone is 4. The highest BCUT2D eigenvalue weighted by Gasteiger charge is 2.10. The van der Waals surface area contributed by atoms with Crippen molar-refractivity contribution in [2.24, 2.45) is 0 Å². The number of benzene rings is 1. The van der Waals surface area contributed by atoms with E-state index in [1.807, 2.05) is 24.3 Å². The topological polar surface area (TPSA) is 9.23 Å². The molecule has 0 spiro atoms. The van der Waals surface area contributed by atoms with Gasteiger partial charge >= 0.3 is 0 Å². The van der Waals surface area contributed by atoms with Crippen LogP contribution in [0.4, 0.5) is 0 Å². The van der Waals surface area contributed by atoms with E-state index < -0.39 is 0 Å². The first-order valence-electron chi connectivity index (χ1n) is 6.89. The molecular formula is C18H24O. The first-order valence-corrected chi connectivity index (χ1v) is 6.89. The Labute approximate surface area is 117 Å². The highest BCUT2D eigenvalue weighted by molar-refractivity contribution is 5.39. The molecule has 0 heterocycles. The minimum atomic E-state index is 0.925. The van der Waals surface area contributed by atoms with Crippen molar-refractivity contribution in [2.75, 3.05) is 0 Å². The third-order valence-electron chi connectivity index (χ3n) is 3.21. The maximum absolute atomic E-state index is 6.17. The predicted octanol–water partition coefficient (Wildman–Crippen LogP) is 5.58. The fourth-order valence-corrected chi connectivity index (χ4v) is 2.04. The molecule has 0 fully saturated rings. The molecule has 0 unspecified atom stereocenters. The van der Waals surface area contributed by atoms with Gasteiger partial charge in [0.05, 0.1) is 0 Å². The molecule has 0 aliphatic carbocycles. The summed E-state index contributed by atoms with van der Waals surface area (Å²) in [5.74, 6) is 1.91. The first-order chi connectivity index (χ1) is 9.13. The summed E-state index contributed by atoms with van der Waals surface area (Å²) < 4.78 is 6.17. The number of hydrogen-bond acceptors (Lipinski definition) is 1. The van der Waals surface area contributed by atoms with Gasteiger partial charge in [0.1, 0.15) is 11.5 Å². The van der Waals surface area contributed by atoms with Crippen LogP contribution >= 0.6 is 0 Å². The third-order valence-corrected chi connectivity index (χ3v) is 3.21. The second-order valence-corrected chi connectivity index (χ2v) is 4.59. The maximum atomic E-state index is 6.17. The number of hydrogen-bond donors (Lipinski definition) is 0.